The number of nitrogens with zero attached hydrogens (tertiary/aromatic N) is 2. The van der Waals surface area contributed by atoms with Crippen molar-refractivity contribution in [3.05, 3.63) is 46.2 Å². The highest BCUT2D eigenvalue weighted by Gasteiger charge is 2.08. The lowest BCUT2D eigenvalue weighted by molar-refractivity contribution is 0.0954. The van der Waals surface area contributed by atoms with E-state index >= 15 is 0 Å². The maximum atomic E-state index is 11.8. The van der Waals surface area contributed by atoms with Crippen LogP contribution >= 0.6 is 23.2 Å². The summed E-state index contributed by atoms with van der Waals surface area (Å²) < 4.78 is 0. The molecular weight excluding hydrogens is 275 g/mol. The van der Waals surface area contributed by atoms with Gasteiger partial charge in [0.2, 0.25) is 0 Å². The van der Waals surface area contributed by atoms with Crippen molar-refractivity contribution in [2.24, 2.45) is 0 Å². The number of aromatic amines is 1. The second kappa shape index (κ2) is 5.84. The van der Waals surface area contributed by atoms with Gasteiger partial charge in [0.1, 0.15) is 10.3 Å². The number of carbonyl (C=O) groups is 1. The third kappa shape index (κ3) is 3.45. The Morgan fingerprint density at radius 1 is 1.33 bits per heavy atom. The van der Waals surface area contributed by atoms with Gasteiger partial charge in [-0.15, -0.1) is 0 Å². The predicted molar refractivity (Wildman–Crippen MR) is 68.9 cm³/mol. The first kappa shape index (κ1) is 12.9. The van der Waals surface area contributed by atoms with Crippen molar-refractivity contribution in [1.29, 1.82) is 0 Å². The number of amides is 1. The van der Waals surface area contributed by atoms with E-state index in [1.165, 1.54) is 12.1 Å². The fraction of sp³-hybridized carbons (Fsp3) is 0.182. The van der Waals surface area contributed by atoms with Crippen LogP contribution in [0.4, 0.5) is 0 Å². The Hall–Kier alpha value is -1.59. The number of halogens is 2. The minimum Gasteiger partial charge on any atom is -0.352 e. The highest BCUT2D eigenvalue weighted by Crippen LogP contribution is 2.14. The average Bonchev–Trinajstić information content (AvgIpc) is 2.80. The molecule has 0 spiro atoms. The van der Waals surface area contributed by atoms with Crippen molar-refractivity contribution in [2.45, 2.75) is 6.42 Å². The van der Waals surface area contributed by atoms with Crippen molar-refractivity contribution in [3.63, 3.8) is 0 Å². The molecule has 0 unspecified atom stereocenters. The Morgan fingerprint density at radius 2 is 2.06 bits per heavy atom. The summed E-state index contributed by atoms with van der Waals surface area (Å²) in [5.41, 5.74) is 1.35. The summed E-state index contributed by atoms with van der Waals surface area (Å²) in [5, 5.41) is 3.15. The van der Waals surface area contributed by atoms with Crippen LogP contribution in [0.3, 0.4) is 0 Å². The second-order valence-corrected chi connectivity index (χ2v) is 4.36. The zero-order valence-electron chi connectivity index (χ0n) is 9.28. The zero-order valence-corrected chi connectivity index (χ0v) is 10.8. The van der Waals surface area contributed by atoms with Gasteiger partial charge in [-0.2, -0.15) is 0 Å². The van der Waals surface area contributed by atoms with Gasteiger partial charge in [0.25, 0.3) is 5.91 Å². The number of hydrogen-bond donors (Lipinski definition) is 2. The van der Waals surface area contributed by atoms with Crippen LogP contribution in [-0.2, 0) is 6.42 Å². The van der Waals surface area contributed by atoms with E-state index in [0.717, 1.165) is 5.69 Å². The molecule has 1 amide bonds. The summed E-state index contributed by atoms with van der Waals surface area (Å²) in [6, 6.07) is 2.94. The van der Waals surface area contributed by atoms with Crippen molar-refractivity contribution in [1.82, 2.24) is 20.3 Å². The number of H-pyrrole nitrogens is 1. The summed E-state index contributed by atoms with van der Waals surface area (Å²) in [5.74, 6) is -0.235. The van der Waals surface area contributed by atoms with Gasteiger partial charge in [-0.25, -0.2) is 9.97 Å². The SMILES string of the molecule is O=C(NCCc1cnc[nH]1)c1cc(Cl)nc(Cl)c1. The molecule has 2 heterocycles. The lowest BCUT2D eigenvalue weighted by atomic mass is 10.2. The molecule has 0 atom stereocenters. The number of imidazole rings is 1. The van der Waals surface area contributed by atoms with Crippen molar-refractivity contribution < 1.29 is 4.79 Å². The maximum Gasteiger partial charge on any atom is 0.251 e. The maximum absolute atomic E-state index is 11.8. The number of hydrogen-bond acceptors (Lipinski definition) is 3. The summed E-state index contributed by atoms with van der Waals surface area (Å²) in [7, 11) is 0. The minimum atomic E-state index is -0.235. The predicted octanol–water partition coefficient (Wildman–Crippen LogP) is 2.08. The molecule has 0 radical (unpaired) electrons. The normalized spacial score (nSPS) is 10.3. The van der Waals surface area contributed by atoms with Gasteiger partial charge in [0, 0.05) is 30.4 Å². The van der Waals surface area contributed by atoms with Gasteiger partial charge in [0.15, 0.2) is 0 Å². The van der Waals surface area contributed by atoms with Crippen LogP contribution in [0.1, 0.15) is 16.1 Å². The van der Waals surface area contributed by atoms with E-state index in [2.05, 4.69) is 20.3 Å². The van der Waals surface area contributed by atoms with Gasteiger partial charge in [-0.1, -0.05) is 23.2 Å². The minimum absolute atomic E-state index is 0.196. The molecular formula is C11H10Cl2N4O. The molecule has 2 rings (SSSR count). The number of aromatic nitrogens is 3. The van der Waals surface area contributed by atoms with Gasteiger partial charge < -0.3 is 10.3 Å². The average molecular weight is 285 g/mol. The first-order chi connectivity index (χ1) is 8.65. The monoisotopic (exact) mass is 284 g/mol. The third-order valence-corrected chi connectivity index (χ3v) is 2.65. The molecule has 0 fully saturated rings. The summed E-state index contributed by atoms with van der Waals surface area (Å²) in [6.45, 7) is 0.499. The van der Waals surface area contributed by atoms with E-state index in [1.807, 2.05) is 0 Å². The number of pyridine rings is 1. The standard InChI is InChI=1S/C11H10Cl2N4O/c12-9-3-7(4-10(13)17-9)11(18)15-2-1-8-5-14-6-16-8/h3-6H,1-2H2,(H,14,16)(H,15,18). The Balaban J connectivity index is 1.91. The van der Waals surface area contributed by atoms with Crippen LogP contribution in [0.5, 0.6) is 0 Å². The van der Waals surface area contributed by atoms with E-state index in [4.69, 9.17) is 23.2 Å². The molecule has 0 aromatic carbocycles. The molecule has 0 saturated heterocycles. The van der Waals surface area contributed by atoms with Crippen LogP contribution in [0, 0.1) is 0 Å². The topological polar surface area (TPSA) is 70.7 Å². The molecule has 2 aromatic rings. The fourth-order valence-corrected chi connectivity index (χ4v) is 1.89. The third-order valence-electron chi connectivity index (χ3n) is 2.26. The van der Waals surface area contributed by atoms with E-state index in [-0.39, 0.29) is 16.2 Å². The molecule has 0 bridgehead atoms. The summed E-state index contributed by atoms with van der Waals surface area (Å²) in [6.07, 6.45) is 3.99. The van der Waals surface area contributed by atoms with E-state index in [1.54, 1.807) is 12.5 Å². The molecule has 94 valence electrons. The molecule has 2 N–H and O–H groups in total. The second-order valence-electron chi connectivity index (χ2n) is 3.58. The van der Waals surface area contributed by atoms with Crippen LogP contribution in [0.25, 0.3) is 0 Å². The molecule has 18 heavy (non-hydrogen) atoms. The largest absolute Gasteiger partial charge is 0.352 e. The fourth-order valence-electron chi connectivity index (χ4n) is 1.43. The Kier molecular flexibility index (Phi) is 4.17. The van der Waals surface area contributed by atoms with E-state index in [0.29, 0.717) is 18.5 Å². The van der Waals surface area contributed by atoms with Gasteiger partial charge in [0.05, 0.1) is 6.33 Å². The van der Waals surface area contributed by atoms with Crippen molar-refractivity contribution >= 4 is 29.1 Å². The Morgan fingerprint density at radius 3 is 2.67 bits per heavy atom. The Bertz CT molecular complexity index is 522. The van der Waals surface area contributed by atoms with Gasteiger partial charge in [-0.05, 0) is 12.1 Å². The van der Waals surface area contributed by atoms with Crippen LogP contribution in [-0.4, -0.2) is 27.4 Å². The smallest absolute Gasteiger partial charge is 0.251 e. The highest BCUT2D eigenvalue weighted by molar-refractivity contribution is 6.33. The van der Waals surface area contributed by atoms with Gasteiger partial charge >= 0.3 is 0 Å². The lowest BCUT2D eigenvalue weighted by Crippen LogP contribution is -2.25. The van der Waals surface area contributed by atoms with Crippen LogP contribution < -0.4 is 5.32 Å². The number of nitrogens with one attached hydrogen (secondary N) is 2. The van der Waals surface area contributed by atoms with E-state index < -0.39 is 0 Å². The Labute approximate surface area is 114 Å². The first-order valence-corrected chi connectivity index (χ1v) is 5.99. The molecule has 2 aromatic heterocycles. The molecule has 0 aliphatic carbocycles. The molecule has 0 aliphatic heterocycles. The molecule has 5 nitrogen and oxygen atoms in total. The zero-order chi connectivity index (χ0) is 13.0. The number of rotatable bonds is 4. The van der Waals surface area contributed by atoms with Gasteiger partial charge in [-0.3, -0.25) is 4.79 Å². The first-order valence-electron chi connectivity index (χ1n) is 5.23. The quantitative estimate of drug-likeness (QED) is 0.845. The van der Waals surface area contributed by atoms with E-state index in [9.17, 15) is 4.79 Å². The summed E-state index contributed by atoms with van der Waals surface area (Å²) >= 11 is 11.4. The summed E-state index contributed by atoms with van der Waals surface area (Å²) in [4.78, 5) is 22.4. The van der Waals surface area contributed by atoms with Crippen molar-refractivity contribution in [2.75, 3.05) is 6.54 Å². The lowest BCUT2D eigenvalue weighted by Gasteiger charge is -2.05. The van der Waals surface area contributed by atoms with Crippen LogP contribution in [0.2, 0.25) is 10.3 Å². The number of carbonyl (C=O) groups excluding carboxylic acids is 1. The highest BCUT2D eigenvalue weighted by atomic mass is 35.5. The van der Waals surface area contributed by atoms with Crippen molar-refractivity contribution in [3.8, 4) is 0 Å². The molecule has 0 saturated carbocycles. The van der Waals surface area contributed by atoms with Crippen LogP contribution in [0.15, 0.2) is 24.7 Å². The molecule has 0 aliphatic rings. The molecule has 7 heteroatoms.